The molecule has 0 radical (unpaired) electrons. The van der Waals surface area contributed by atoms with Crippen molar-refractivity contribution in [2.24, 2.45) is 0 Å². The lowest BCUT2D eigenvalue weighted by Gasteiger charge is -1.98. The molecule has 12 heavy (non-hydrogen) atoms. The van der Waals surface area contributed by atoms with Crippen LogP contribution in [0.3, 0.4) is 0 Å². The Balaban J connectivity index is 2.07. The van der Waals surface area contributed by atoms with E-state index in [4.69, 9.17) is 4.74 Å². The van der Waals surface area contributed by atoms with E-state index in [1.807, 2.05) is 0 Å². The molecule has 1 heterocycles. The van der Waals surface area contributed by atoms with E-state index in [2.05, 4.69) is 4.74 Å². The van der Waals surface area contributed by atoms with Crippen molar-refractivity contribution in [3.8, 4) is 0 Å². The zero-order valence-electron chi connectivity index (χ0n) is 7.04. The summed E-state index contributed by atoms with van der Waals surface area (Å²) >= 11 is 0. The summed E-state index contributed by atoms with van der Waals surface area (Å²) in [5, 5.41) is 0. The molecule has 1 rings (SSSR count). The van der Waals surface area contributed by atoms with Crippen molar-refractivity contribution < 1.29 is 19.1 Å². The monoisotopic (exact) mass is 172 g/mol. The molecule has 1 aliphatic heterocycles. The topological polar surface area (TPSA) is 55.9 Å². The molecule has 0 N–H and O–H groups in total. The second-order valence-electron chi connectivity index (χ2n) is 2.59. The lowest BCUT2D eigenvalue weighted by Crippen LogP contribution is -2.11. The van der Waals surface area contributed by atoms with Gasteiger partial charge in [0.2, 0.25) is 0 Å². The quantitative estimate of drug-likeness (QED) is 0.442. The van der Waals surface area contributed by atoms with Gasteiger partial charge in [-0.25, -0.2) is 0 Å². The number of esters is 1. The van der Waals surface area contributed by atoms with Crippen LogP contribution in [0.25, 0.3) is 0 Å². The largest absolute Gasteiger partial charge is 0.466 e. The highest BCUT2D eigenvalue weighted by atomic mass is 16.6. The number of carbonyl (C=O) groups excluding carboxylic acids is 2. The Hall–Kier alpha value is -0.900. The van der Waals surface area contributed by atoms with E-state index in [1.54, 1.807) is 6.92 Å². The number of hydrogen-bond acceptors (Lipinski definition) is 4. The Bertz CT molecular complexity index is 183. The third kappa shape index (κ3) is 3.00. The standard InChI is InChI=1S/C8H12O4/c1-2-11-8(10)4-3-6(9)7-5-12-7/h7H,2-5H2,1H3. The van der Waals surface area contributed by atoms with Crippen LogP contribution in [0.15, 0.2) is 0 Å². The maximum atomic E-state index is 11.0. The molecular weight excluding hydrogens is 160 g/mol. The predicted octanol–water partition coefficient (Wildman–Crippen LogP) is 0.298. The Morgan fingerprint density at radius 1 is 1.50 bits per heavy atom. The normalized spacial score (nSPS) is 20.2. The number of hydrogen-bond donors (Lipinski definition) is 0. The molecule has 0 aliphatic carbocycles. The molecule has 0 spiro atoms. The van der Waals surface area contributed by atoms with Crippen molar-refractivity contribution in [3.63, 3.8) is 0 Å². The molecule has 1 atom stereocenters. The van der Waals surface area contributed by atoms with Crippen LogP contribution in [-0.4, -0.2) is 31.1 Å². The highest BCUT2D eigenvalue weighted by molar-refractivity contribution is 5.87. The van der Waals surface area contributed by atoms with Crippen LogP contribution < -0.4 is 0 Å². The van der Waals surface area contributed by atoms with Crippen LogP contribution in [0, 0.1) is 0 Å². The summed E-state index contributed by atoms with van der Waals surface area (Å²) in [5.41, 5.74) is 0. The average Bonchev–Trinajstić information content (AvgIpc) is 2.83. The van der Waals surface area contributed by atoms with Crippen molar-refractivity contribution in [2.75, 3.05) is 13.2 Å². The van der Waals surface area contributed by atoms with Crippen LogP contribution in [0.5, 0.6) is 0 Å². The van der Waals surface area contributed by atoms with Gasteiger partial charge in [-0.3, -0.25) is 9.59 Å². The van der Waals surface area contributed by atoms with E-state index in [0.717, 1.165) is 0 Å². The Labute approximate surface area is 70.8 Å². The zero-order chi connectivity index (χ0) is 8.97. The first-order chi connectivity index (χ1) is 5.74. The predicted molar refractivity (Wildman–Crippen MR) is 40.6 cm³/mol. The summed E-state index contributed by atoms with van der Waals surface area (Å²) in [5.74, 6) is -0.311. The first-order valence-corrected chi connectivity index (χ1v) is 4.04. The summed E-state index contributed by atoms with van der Waals surface area (Å²) < 4.78 is 9.42. The van der Waals surface area contributed by atoms with Crippen LogP contribution in [-0.2, 0) is 19.1 Å². The number of ether oxygens (including phenoxy) is 2. The maximum Gasteiger partial charge on any atom is 0.306 e. The molecule has 4 nitrogen and oxygen atoms in total. The Morgan fingerprint density at radius 2 is 2.17 bits per heavy atom. The first kappa shape index (κ1) is 9.19. The van der Waals surface area contributed by atoms with Crippen LogP contribution >= 0.6 is 0 Å². The highest BCUT2D eigenvalue weighted by Crippen LogP contribution is 2.13. The minimum absolute atomic E-state index is 0.00283. The van der Waals surface area contributed by atoms with Crippen molar-refractivity contribution >= 4 is 11.8 Å². The molecule has 0 aromatic heterocycles. The molecule has 68 valence electrons. The lowest BCUT2D eigenvalue weighted by molar-refractivity contribution is -0.144. The summed E-state index contributed by atoms with van der Waals surface area (Å²) in [6.07, 6.45) is 0.176. The van der Waals surface area contributed by atoms with E-state index in [0.29, 0.717) is 13.2 Å². The highest BCUT2D eigenvalue weighted by Gasteiger charge is 2.30. The third-order valence-corrected chi connectivity index (χ3v) is 1.57. The number of carbonyl (C=O) groups is 2. The SMILES string of the molecule is CCOC(=O)CCC(=O)C1CO1. The molecule has 0 aromatic rings. The van der Waals surface area contributed by atoms with Gasteiger partial charge in [-0.05, 0) is 6.92 Å². The van der Waals surface area contributed by atoms with Gasteiger partial charge in [-0.15, -0.1) is 0 Å². The Kier molecular flexibility index (Phi) is 3.22. The minimum atomic E-state index is -0.313. The molecule has 1 aliphatic rings. The van der Waals surface area contributed by atoms with Gasteiger partial charge >= 0.3 is 5.97 Å². The number of rotatable bonds is 5. The molecule has 1 unspecified atom stereocenters. The molecule has 0 amide bonds. The second-order valence-corrected chi connectivity index (χ2v) is 2.59. The van der Waals surface area contributed by atoms with Crippen LogP contribution in [0.1, 0.15) is 19.8 Å². The average molecular weight is 172 g/mol. The Morgan fingerprint density at radius 3 is 2.67 bits per heavy atom. The van der Waals surface area contributed by atoms with E-state index < -0.39 is 0 Å². The fraction of sp³-hybridized carbons (Fsp3) is 0.750. The number of Topliss-reactive ketones (excluding diaryl/α,β-unsaturated/α-hetero) is 1. The van der Waals surface area contributed by atoms with Gasteiger partial charge in [-0.2, -0.15) is 0 Å². The van der Waals surface area contributed by atoms with Gasteiger partial charge in [-0.1, -0.05) is 0 Å². The van der Waals surface area contributed by atoms with Crippen molar-refractivity contribution in [1.29, 1.82) is 0 Å². The smallest absolute Gasteiger partial charge is 0.306 e. The summed E-state index contributed by atoms with van der Waals surface area (Å²) in [6, 6.07) is 0. The van der Waals surface area contributed by atoms with Gasteiger partial charge < -0.3 is 9.47 Å². The van der Waals surface area contributed by atoms with Crippen molar-refractivity contribution in [1.82, 2.24) is 0 Å². The number of epoxide rings is 1. The van der Waals surface area contributed by atoms with Gasteiger partial charge in [0.15, 0.2) is 5.78 Å². The van der Waals surface area contributed by atoms with E-state index in [9.17, 15) is 9.59 Å². The molecule has 4 heteroatoms. The summed E-state index contributed by atoms with van der Waals surface area (Å²) in [4.78, 5) is 21.8. The van der Waals surface area contributed by atoms with Crippen LogP contribution in [0.2, 0.25) is 0 Å². The van der Waals surface area contributed by atoms with Gasteiger partial charge in [0, 0.05) is 6.42 Å². The minimum Gasteiger partial charge on any atom is -0.466 e. The van der Waals surface area contributed by atoms with Crippen molar-refractivity contribution in [3.05, 3.63) is 0 Å². The molecule has 0 saturated carbocycles. The molecular formula is C8H12O4. The van der Waals surface area contributed by atoms with Crippen LogP contribution in [0.4, 0.5) is 0 Å². The first-order valence-electron chi connectivity index (χ1n) is 4.04. The fourth-order valence-corrected chi connectivity index (χ4v) is 0.853. The van der Waals surface area contributed by atoms with E-state index in [1.165, 1.54) is 0 Å². The molecule has 1 fully saturated rings. The second kappa shape index (κ2) is 4.21. The lowest BCUT2D eigenvalue weighted by atomic mass is 10.2. The van der Waals surface area contributed by atoms with Crippen molar-refractivity contribution in [2.45, 2.75) is 25.9 Å². The maximum absolute atomic E-state index is 11.0. The van der Waals surface area contributed by atoms with Gasteiger partial charge in [0.05, 0.1) is 19.6 Å². The summed E-state index contributed by atoms with van der Waals surface area (Å²) in [7, 11) is 0. The molecule has 0 aromatic carbocycles. The van der Waals surface area contributed by atoms with Gasteiger partial charge in [0.25, 0.3) is 0 Å². The zero-order valence-corrected chi connectivity index (χ0v) is 7.04. The fourth-order valence-electron chi connectivity index (χ4n) is 0.853. The molecule has 0 bridgehead atoms. The van der Waals surface area contributed by atoms with Gasteiger partial charge in [0.1, 0.15) is 6.10 Å². The third-order valence-electron chi connectivity index (χ3n) is 1.57. The summed E-state index contributed by atoms with van der Waals surface area (Å²) in [6.45, 7) is 2.62. The molecule has 1 saturated heterocycles. The number of ketones is 1. The van der Waals surface area contributed by atoms with E-state index in [-0.39, 0.29) is 30.7 Å². The van der Waals surface area contributed by atoms with E-state index >= 15 is 0 Å².